The maximum Gasteiger partial charge on any atom is 0.295 e. The van der Waals surface area contributed by atoms with Crippen LogP contribution < -0.4 is 5.32 Å². The second-order valence-corrected chi connectivity index (χ2v) is 3.58. The minimum absolute atomic E-state index is 0.580. The second kappa shape index (κ2) is 3.01. The summed E-state index contributed by atoms with van der Waals surface area (Å²) in [7, 11) is 1.81. The third-order valence-electron chi connectivity index (χ3n) is 2.58. The van der Waals surface area contributed by atoms with Crippen molar-refractivity contribution >= 4 is 17.1 Å². The van der Waals surface area contributed by atoms with Crippen LogP contribution >= 0.6 is 0 Å². The van der Waals surface area contributed by atoms with E-state index in [1.54, 1.807) is 0 Å². The number of nitrogens with one attached hydrogen (secondary N) is 1. The number of hydrogen-bond donors (Lipinski definition) is 1. The fraction of sp³-hybridized carbons (Fsp3) is 0.364. The smallest absolute Gasteiger partial charge is 0.295 e. The second-order valence-electron chi connectivity index (χ2n) is 3.58. The fourth-order valence-corrected chi connectivity index (χ4v) is 1.63. The van der Waals surface area contributed by atoms with Crippen LogP contribution in [0.25, 0.3) is 11.1 Å². The Morgan fingerprint density at radius 3 is 2.57 bits per heavy atom. The van der Waals surface area contributed by atoms with E-state index in [9.17, 15) is 0 Å². The van der Waals surface area contributed by atoms with Gasteiger partial charge in [0.05, 0.1) is 0 Å². The van der Waals surface area contributed by atoms with Gasteiger partial charge in [-0.05, 0) is 37.5 Å². The Morgan fingerprint density at radius 2 is 1.93 bits per heavy atom. The number of nitrogens with zero attached hydrogens (tertiary/aromatic N) is 1. The lowest BCUT2D eigenvalue weighted by molar-refractivity contribution is 0.618. The van der Waals surface area contributed by atoms with Gasteiger partial charge in [0, 0.05) is 7.05 Å². The molecule has 3 nitrogen and oxygen atoms in total. The van der Waals surface area contributed by atoms with E-state index in [1.165, 1.54) is 11.1 Å². The number of hydrogen-bond acceptors (Lipinski definition) is 3. The van der Waals surface area contributed by atoms with E-state index in [1.807, 2.05) is 14.0 Å². The number of fused-ring (bicyclic) bond motifs is 1. The van der Waals surface area contributed by atoms with Crippen LogP contribution in [-0.2, 0) is 0 Å². The first-order valence-electron chi connectivity index (χ1n) is 4.68. The molecule has 0 amide bonds. The molecular weight excluding hydrogens is 176 g/mol. The van der Waals surface area contributed by atoms with Crippen LogP contribution in [0.5, 0.6) is 0 Å². The Kier molecular flexibility index (Phi) is 1.95. The maximum absolute atomic E-state index is 5.56. The molecule has 0 radical (unpaired) electrons. The summed E-state index contributed by atoms with van der Waals surface area (Å²) in [5, 5.41) is 2.91. The Bertz CT molecular complexity index is 485. The van der Waals surface area contributed by atoms with Crippen LogP contribution in [0.2, 0.25) is 0 Å². The molecule has 0 saturated heterocycles. The summed E-state index contributed by atoms with van der Waals surface area (Å²) in [5.41, 5.74) is 5.43. The van der Waals surface area contributed by atoms with Gasteiger partial charge in [-0.15, -0.1) is 0 Å². The average Bonchev–Trinajstić information content (AvgIpc) is 2.58. The highest BCUT2D eigenvalue weighted by Crippen LogP contribution is 2.27. The van der Waals surface area contributed by atoms with E-state index in [0.717, 1.165) is 16.7 Å². The molecule has 0 atom stereocenters. The van der Waals surface area contributed by atoms with Crippen molar-refractivity contribution in [3.05, 3.63) is 22.8 Å². The lowest BCUT2D eigenvalue weighted by atomic mass is 10.1. The fourth-order valence-electron chi connectivity index (χ4n) is 1.63. The lowest BCUT2D eigenvalue weighted by Crippen LogP contribution is -1.87. The van der Waals surface area contributed by atoms with Gasteiger partial charge in [0.2, 0.25) is 0 Å². The molecule has 0 spiro atoms. The molecule has 1 aromatic heterocycles. The molecule has 0 unspecified atom stereocenters. The Hall–Kier alpha value is -1.51. The molecule has 2 rings (SSSR count). The summed E-state index contributed by atoms with van der Waals surface area (Å²) >= 11 is 0. The Balaban J connectivity index is 2.84. The maximum atomic E-state index is 5.56. The first-order valence-corrected chi connectivity index (χ1v) is 4.68. The van der Waals surface area contributed by atoms with Crippen molar-refractivity contribution in [1.82, 2.24) is 4.98 Å². The number of anilines is 1. The first-order chi connectivity index (χ1) is 6.63. The highest BCUT2D eigenvalue weighted by molar-refractivity contribution is 5.82. The highest BCUT2D eigenvalue weighted by Gasteiger charge is 2.11. The molecule has 1 N–H and O–H groups in total. The van der Waals surface area contributed by atoms with Gasteiger partial charge in [0.1, 0.15) is 5.52 Å². The molecule has 0 aliphatic heterocycles. The summed E-state index contributed by atoms with van der Waals surface area (Å²) < 4.78 is 5.56. The summed E-state index contributed by atoms with van der Waals surface area (Å²) in [6.07, 6.45) is 0. The van der Waals surface area contributed by atoms with Crippen LogP contribution in [0.1, 0.15) is 16.7 Å². The minimum Gasteiger partial charge on any atom is -0.423 e. The third-order valence-corrected chi connectivity index (χ3v) is 2.58. The van der Waals surface area contributed by atoms with Gasteiger partial charge in [-0.3, -0.25) is 0 Å². The monoisotopic (exact) mass is 190 g/mol. The van der Waals surface area contributed by atoms with E-state index in [-0.39, 0.29) is 0 Å². The zero-order valence-electron chi connectivity index (χ0n) is 8.93. The Morgan fingerprint density at radius 1 is 1.21 bits per heavy atom. The molecule has 3 heteroatoms. The van der Waals surface area contributed by atoms with Gasteiger partial charge in [0.15, 0.2) is 5.58 Å². The predicted molar refractivity (Wildman–Crippen MR) is 57.8 cm³/mol. The normalized spacial score (nSPS) is 10.9. The number of aromatic nitrogens is 1. The van der Waals surface area contributed by atoms with E-state index in [4.69, 9.17) is 4.42 Å². The largest absolute Gasteiger partial charge is 0.423 e. The molecule has 2 aromatic rings. The minimum atomic E-state index is 0.580. The van der Waals surface area contributed by atoms with Gasteiger partial charge < -0.3 is 9.73 Å². The van der Waals surface area contributed by atoms with Crippen LogP contribution in [-0.4, -0.2) is 12.0 Å². The molecule has 74 valence electrons. The van der Waals surface area contributed by atoms with E-state index in [0.29, 0.717) is 6.01 Å². The van der Waals surface area contributed by atoms with Crippen molar-refractivity contribution in [3.8, 4) is 0 Å². The molecule has 0 saturated carbocycles. The number of oxazole rings is 1. The van der Waals surface area contributed by atoms with Crippen molar-refractivity contribution < 1.29 is 4.42 Å². The molecule has 0 bridgehead atoms. The van der Waals surface area contributed by atoms with Crippen molar-refractivity contribution in [2.75, 3.05) is 12.4 Å². The van der Waals surface area contributed by atoms with Crippen molar-refractivity contribution in [1.29, 1.82) is 0 Å². The van der Waals surface area contributed by atoms with Crippen molar-refractivity contribution in [2.24, 2.45) is 0 Å². The topological polar surface area (TPSA) is 38.1 Å². The lowest BCUT2D eigenvalue weighted by Gasteiger charge is -2.01. The molecule has 1 heterocycles. The standard InChI is InChI=1S/C11H14N2O/c1-6-5-7(2)10-9(8(6)3)13-11(12-4)14-10/h5H,1-4H3,(H,12,13). The number of rotatable bonds is 1. The van der Waals surface area contributed by atoms with Crippen LogP contribution in [0.15, 0.2) is 10.5 Å². The van der Waals surface area contributed by atoms with E-state index < -0.39 is 0 Å². The van der Waals surface area contributed by atoms with Gasteiger partial charge in [-0.2, -0.15) is 4.98 Å². The van der Waals surface area contributed by atoms with Crippen molar-refractivity contribution in [2.45, 2.75) is 20.8 Å². The summed E-state index contributed by atoms with van der Waals surface area (Å²) in [6, 6.07) is 2.71. The molecule has 0 fully saturated rings. The highest BCUT2D eigenvalue weighted by atomic mass is 16.4. The number of benzene rings is 1. The van der Waals surface area contributed by atoms with Crippen LogP contribution in [0, 0.1) is 20.8 Å². The van der Waals surface area contributed by atoms with Gasteiger partial charge >= 0.3 is 0 Å². The summed E-state index contributed by atoms with van der Waals surface area (Å²) in [5.74, 6) is 0. The SMILES string of the molecule is CNc1nc2c(C)c(C)cc(C)c2o1. The number of aryl methyl sites for hydroxylation is 3. The first kappa shape index (κ1) is 9.06. The molecular formula is C11H14N2O. The quantitative estimate of drug-likeness (QED) is 0.751. The van der Waals surface area contributed by atoms with E-state index >= 15 is 0 Å². The summed E-state index contributed by atoms with van der Waals surface area (Å²) in [6.45, 7) is 6.20. The van der Waals surface area contributed by atoms with Crippen LogP contribution in [0.4, 0.5) is 6.01 Å². The zero-order chi connectivity index (χ0) is 10.3. The molecule has 0 aliphatic rings. The van der Waals surface area contributed by atoms with Gasteiger partial charge in [-0.1, -0.05) is 6.07 Å². The molecule has 14 heavy (non-hydrogen) atoms. The Labute approximate surface area is 83.1 Å². The molecule has 1 aromatic carbocycles. The third kappa shape index (κ3) is 1.16. The van der Waals surface area contributed by atoms with Gasteiger partial charge in [-0.25, -0.2) is 0 Å². The molecule has 0 aliphatic carbocycles. The zero-order valence-corrected chi connectivity index (χ0v) is 8.93. The van der Waals surface area contributed by atoms with E-state index in [2.05, 4.69) is 30.2 Å². The summed E-state index contributed by atoms with van der Waals surface area (Å²) in [4.78, 5) is 4.37. The predicted octanol–water partition coefficient (Wildman–Crippen LogP) is 2.79. The van der Waals surface area contributed by atoms with Gasteiger partial charge in [0.25, 0.3) is 6.01 Å². The van der Waals surface area contributed by atoms with Crippen molar-refractivity contribution in [3.63, 3.8) is 0 Å². The van der Waals surface area contributed by atoms with Crippen LogP contribution in [0.3, 0.4) is 0 Å². The average molecular weight is 190 g/mol.